The molecular weight excluding hydrogens is 143 g/mol. The summed E-state index contributed by atoms with van der Waals surface area (Å²) in [5.74, 6) is -0.272. The van der Waals surface area contributed by atoms with Crippen LogP contribution in [0.3, 0.4) is 0 Å². The van der Waals surface area contributed by atoms with Gasteiger partial charge in [-0.2, -0.15) is 0 Å². The first kappa shape index (κ1) is 8.17. The lowest BCUT2D eigenvalue weighted by Crippen LogP contribution is -2.20. The third-order valence-corrected chi connectivity index (χ3v) is 1.53. The van der Waals surface area contributed by atoms with E-state index in [9.17, 15) is 4.39 Å². The topological polar surface area (TPSA) is 52.0 Å². The number of rotatable bonds is 2. The second-order valence-electron chi connectivity index (χ2n) is 2.40. The van der Waals surface area contributed by atoms with Crippen LogP contribution in [-0.4, -0.2) is 6.54 Å². The van der Waals surface area contributed by atoms with Gasteiger partial charge in [0.2, 0.25) is 0 Å². The Morgan fingerprint density at radius 3 is 2.73 bits per heavy atom. The summed E-state index contributed by atoms with van der Waals surface area (Å²) >= 11 is 0. The van der Waals surface area contributed by atoms with Gasteiger partial charge in [-0.15, -0.1) is 0 Å². The third-order valence-electron chi connectivity index (χ3n) is 1.53. The SMILES string of the molecule is NCC(N)c1cccc(F)c1. The highest BCUT2D eigenvalue weighted by Gasteiger charge is 2.02. The maximum absolute atomic E-state index is 12.6. The number of benzene rings is 1. The third kappa shape index (κ3) is 2.00. The maximum atomic E-state index is 12.6. The highest BCUT2D eigenvalue weighted by Crippen LogP contribution is 2.09. The standard InChI is InChI=1S/C8H11FN2/c9-7-3-1-2-6(4-7)8(11)5-10/h1-4,8H,5,10-11H2. The van der Waals surface area contributed by atoms with Crippen molar-refractivity contribution in [1.82, 2.24) is 0 Å². The number of hydrogen-bond acceptors (Lipinski definition) is 2. The first-order valence-electron chi connectivity index (χ1n) is 3.45. The van der Waals surface area contributed by atoms with E-state index in [1.807, 2.05) is 0 Å². The summed E-state index contributed by atoms with van der Waals surface area (Å²) < 4.78 is 12.6. The van der Waals surface area contributed by atoms with E-state index in [-0.39, 0.29) is 11.9 Å². The van der Waals surface area contributed by atoms with E-state index in [2.05, 4.69) is 0 Å². The van der Waals surface area contributed by atoms with Crippen molar-refractivity contribution in [1.29, 1.82) is 0 Å². The molecule has 1 rings (SSSR count). The van der Waals surface area contributed by atoms with Crippen LogP contribution in [0.4, 0.5) is 4.39 Å². The zero-order valence-electron chi connectivity index (χ0n) is 6.13. The van der Waals surface area contributed by atoms with Crippen LogP contribution in [0.1, 0.15) is 11.6 Å². The van der Waals surface area contributed by atoms with Gasteiger partial charge in [0.25, 0.3) is 0 Å². The van der Waals surface area contributed by atoms with Crippen LogP contribution < -0.4 is 11.5 Å². The van der Waals surface area contributed by atoms with Crippen LogP contribution in [0.2, 0.25) is 0 Å². The Bertz CT molecular complexity index is 237. The fraction of sp³-hybridized carbons (Fsp3) is 0.250. The molecule has 1 aromatic rings. The molecule has 0 bridgehead atoms. The molecule has 0 aliphatic carbocycles. The van der Waals surface area contributed by atoms with Gasteiger partial charge in [-0.1, -0.05) is 12.1 Å². The molecule has 0 amide bonds. The van der Waals surface area contributed by atoms with Gasteiger partial charge in [0.1, 0.15) is 5.82 Å². The summed E-state index contributed by atoms with van der Waals surface area (Å²) in [5.41, 5.74) is 11.6. The van der Waals surface area contributed by atoms with Gasteiger partial charge in [0.15, 0.2) is 0 Å². The van der Waals surface area contributed by atoms with Crippen LogP contribution in [0.15, 0.2) is 24.3 Å². The van der Waals surface area contributed by atoms with E-state index < -0.39 is 0 Å². The predicted molar refractivity (Wildman–Crippen MR) is 42.4 cm³/mol. The highest BCUT2D eigenvalue weighted by atomic mass is 19.1. The predicted octanol–water partition coefficient (Wildman–Crippen LogP) is 0.784. The molecule has 1 unspecified atom stereocenters. The molecule has 4 N–H and O–H groups in total. The normalized spacial score (nSPS) is 13.0. The van der Waals surface area contributed by atoms with Crippen molar-refractivity contribution in [2.24, 2.45) is 11.5 Å². The molecule has 0 saturated heterocycles. The Balaban J connectivity index is 2.86. The molecule has 0 aliphatic rings. The van der Waals surface area contributed by atoms with Gasteiger partial charge in [-0.05, 0) is 17.7 Å². The Labute approximate surface area is 65.0 Å². The molecule has 1 atom stereocenters. The van der Waals surface area contributed by atoms with E-state index in [1.54, 1.807) is 12.1 Å². The summed E-state index contributed by atoms with van der Waals surface area (Å²) in [6.45, 7) is 0.337. The molecule has 0 saturated carbocycles. The van der Waals surface area contributed by atoms with Gasteiger partial charge in [-0.25, -0.2) is 4.39 Å². The molecule has 0 fully saturated rings. The second kappa shape index (κ2) is 3.46. The summed E-state index contributed by atoms with van der Waals surface area (Å²) in [6.07, 6.45) is 0. The summed E-state index contributed by atoms with van der Waals surface area (Å²) in [5, 5.41) is 0. The van der Waals surface area contributed by atoms with Gasteiger partial charge < -0.3 is 11.5 Å². The number of hydrogen-bond donors (Lipinski definition) is 2. The average Bonchev–Trinajstić information content (AvgIpc) is 2.03. The molecule has 0 aliphatic heterocycles. The lowest BCUT2D eigenvalue weighted by Gasteiger charge is -2.07. The van der Waals surface area contributed by atoms with Gasteiger partial charge in [0.05, 0.1) is 0 Å². The molecule has 0 heterocycles. The molecule has 11 heavy (non-hydrogen) atoms. The molecule has 0 radical (unpaired) electrons. The molecule has 60 valence electrons. The van der Waals surface area contributed by atoms with Crippen LogP contribution >= 0.6 is 0 Å². The lowest BCUT2D eigenvalue weighted by molar-refractivity contribution is 0.620. The maximum Gasteiger partial charge on any atom is 0.123 e. The quantitative estimate of drug-likeness (QED) is 0.661. The summed E-state index contributed by atoms with van der Waals surface area (Å²) in [6, 6.07) is 5.91. The number of nitrogens with two attached hydrogens (primary N) is 2. The van der Waals surface area contributed by atoms with Crippen molar-refractivity contribution in [3.8, 4) is 0 Å². The van der Waals surface area contributed by atoms with E-state index in [4.69, 9.17) is 11.5 Å². The zero-order chi connectivity index (χ0) is 8.27. The first-order chi connectivity index (χ1) is 5.24. The minimum atomic E-state index is -0.272. The molecule has 0 spiro atoms. The number of halogens is 1. The smallest absolute Gasteiger partial charge is 0.123 e. The second-order valence-corrected chi connectivity index (χ2v) is 2.40. The largest absolute Gasteiger partial charge is 0.329 e. The summed E-state index contributed by atoms with van der Waals surface area (Å²) in [4.78, 5) is 0. The molecule has 1 aromatic carbocycles. The Hall–Kier alpha value is -0.930. The van der Waals surface area contributed by atoms with E-state index in [1.165, 1.54) is 12.1 Å². The van der Waals surface area contributed by atoms with Crippen molar-refractivity contribution in [2.45, 2.75) is 6.04 Å². The van der Waals surface area contributed by atoms with Gasteiger partial charge in [-0.3, -0.25) is 0 Å². The highest BCUT2D eigenvalue weighted by molar-refractivity contribution is 5.19. The zero-order valence-corrected chi connectivity index (χ0v) is 6.13. The van der Waals surface area contributed by atoms with E-state index >= 15 is 0 Å². The Morgan fingerprint density at radius 1 is 1.45 bits per heavy atom. The van der Waals surface area contributed by atoms with Crippen LogP contribution in [0.5, 0.6) is 0 Å². The van der Waals surface area contributed by atoms with Crippen LogP contribution in [-0.2, 0) is 0 Å². The lowest BCUT2D eigenvalue weighted by atomic mass is 10.1. The fourth-order valence-electron chi connectivity index (χ4n) is 0.873. The monoisotopic (exact) mass is 154 g/mol. The molecular formula is C8H11FN2. The fourth-order valence-corrected chi connectivity index (χ4v) is 0.873. The van der Waals surface area contributed by atoms with Gasteiger partial charge >= 0.3 is 0 Å². The minimum absolute atomic E-state index is 0.259. The average molecular weight is 154 g/mol. The van der Waals surface area contributed by atoms with Gasteiger partial charge in [0, 0.05) is 12.6 Å². The van der Waals surface area contributed by atoms with E-state index in [0.29, 0.717) is 6.54 Å². The Morgan fingerprint density at radius 2 is 2.18 bits per heavy atom. The van der Waals surface area contributed by atoms with Crippen LogP contribution in [0, 0.1) is 5.82 Å². The minimum Gasteiger partial charge on any atom is -0.329 e. The first-order valence-corrected chi connectivity index (χ1v) is 3.45. The Kier molecular flexibility index (Phi) is 2.57. The van der Waals surface area contributed by atoms with Crippen molar-refractivity contribution < 1.29 is 4.39 Å². The van der Waals surface area contributed by atoms with E-state index in [0.717, 1.165) is 5.56 Å². The van der Waals surface area contributed by atoms with Crippen LogP contribution in [0.25, 0.3) is 0 Å². The van der Waals surface area contributed by atoms with Crippen molar-refractivity contribution >= 4 is 0 Å². The van der Waals surface area contributed by atoms with Crippen molar-refractivity contribution in [2.75, 3.05) is 6.54 Å². The van der Waals surface area contributed by atoms with Crippen molar-refractivity contribution in [3.63, 3.8) is 0 Å². The molecule has 0 aromatic heterocycles. The van der Waals surface area contributed by atoms with Crippen molar-refractivity contribution in [3.05, 3.63) is 35.6 Å². The molecule has 3 heteroatoms. The molecule has 2 nitrogen and oxygen atoms in total. The summed E-state index contributed by atoms with van der Waals surface area (Å²) in [7, 11) is 0.